The van der Waals surface area contributed by atoms with Crippen LogP contribution in [0.15, 0.2) is 48.5 Å². The lowest BCUT2D eigenvalue weighted by molar-refractivity contribution is -0.156. The lowest BCUT2D eigenvalue weighted by Gasteiger charge is -2.29. The fraction of sp³-hybridized carbons (Fsp3) is 0.435. The number of carbonyl (C=O) groups excluding carboxylic acids is 1. The van der Waals surface area contributed by atoms with Crippen molar-refractivity contribution >= 4 is 17.6 Å². The van der Waals surface area contributed by atoms with Gasteiger partial charge in [0, 0.05) is 24.8 Å². The third-order valence-corrected chi connectivity index (χ3v) is 5.18. The van der Waals surface area contributed by atoms with E-state index >= 15 is 0 Å². The van der Waals surface area contributed by atoms with Gasteiger partial charge < -0.3 is 15.2 Å². The van der Waals surface area contributed by atoms with Crippen LogP contribution >= 0.6 is 11.6 Å². The number of carbonyl (C=O) groups is 1. The minimum Gasteiger partial charge on any atom is -0.466 e. The van der Waals surface area contributed by atoms with Gasteiger partial charge in [0.05, 0.1) is 12.0 Å². The van der Waals surface area contributed by atoms with Crippen molar-refractivity contribution in [2.24, 2.45) is 11.1 Å². The highest BCUT2D eigenvalue weighted by Gasteiger charge is 2.36. The van der Waals surface area contributed by atoms with Gasteiger partial charge in [-0.15, -0.1) is 0 Å². The maximum atomic E-state index is 12.4. The molecule has 2 N–H and O–H groups in total. The molecule has 5 heteroatoms. The number of rotatable bonds is 10. The molecule has 0 heterocycles. The number of esters is 1. The Balaban J connectivity index is 2.04. The molecule has 0 saturated heterocycles. The van der Waals surface area contributed by atoms with E-state index in [0.29, 0.717) is 32.5 Å². The average molecular weight is 404 g/mol. The molecule has 0 radical (unpaired) electrons. The van der Waals surface area contributed by atoms with E-state index in [9.17, 15) is 4.79 Å². The van der Waals surface area contributed by atoms with Crippen molar-refractivity contribution in [2.75, 3.05) is 20.3 Å². The summed E-state index contributed by atoms with van der Waals surface area (Å²) in [5.74, 6) is -0.209. The van der Waals surface area contributed by atoms with E-state index in [4.69, 9.17) is 26.8 Å². The second-order valence-corrected chi connectivity index (χ2v) is 7.84. The summed E-state index contributed by atoms with van der Waals surface area (Å²) < 4.78 is 10.4. The van der Waals surface area contributed by atoms with Crippen molar-refractivity contribution in [3.05, 3.63) is 59.1 Å². The summed E-state index contributed by atoms with van der Waals surface area (Å²) in [6.07, 6.45) is 1.83. The summed E-state index contributed by atoms with van der Waals surface area (Å²) in [4.78, 5) is 12.4. The van der Waals surface area contributed by atoms with E-state index in [1.165, 1.54) is 0 Å². The minimum absolute atomic E-state index is 0.150. The molecule has 0 aromatic heterocycles. The molecule has 152 valence electrons. The Hall–Kier alpha value is -1.88. The van der Waals surface area contributed by atoms with Crippen LogP contribution in [0.2, 0.25) is 5.02 Å². The molecule has 0 bridgehead atoms. The summed E-state index contributed by atoms with van der Waals surface area (Å²) in [6.45, 7) is 4.58. The molecular formula is C23H30ClNO3. The van der Waals surface area contributed by atoms with Crippen molar-refractivity contribution in [2.45, 2.75) is 39.2 Å². The quantitative estimate of drug-likeness (QED) is 0.574. The smallest absolute Gasteiger partial charge is 0.311 e. The predicted molar refractivity (Wildman–Crippen MR) is 114 cm³/mol. The molecule has 0 aliphatic rings. The van der Waals surface area contributed by atoms with Crippen LogP contribution in [0.3, 0.4) is 0 Å². The highest BCUT2D eigenvalue weighted by Crippen LogP contribution is 2.30. The van der Waals surface area contributed by atoms with Gasteiger partial charge in [0.2, 0.25) is 0 Å². The van der Waals surface area contributed by atoms with Gasteiger partial charge in [0.1, 0.15) is 0 Å². The molecule has 28 heavy (non-hydrogen) atoms. The Kier molecular flexibility index (Phi) is 8.49. The third kappa shape index (κ3) is 6.33. The van der Waals surface area contributed by atoms with Gasteiger partial charge in [-0.05, 0) is 61.9 Å². The first-order valence-electron chi connectivity index (χ1n) is 9.64. The number of hydrogen-bond donors (Lipinski definition) is 1. The first-order chi connectivity index (χ1) is 13.4. The Morgan fingerprint density at radius 1 is 1.18 bits per heavy atom. The molecule has 0 saturated carbocycles. The molecular weight excluding hydrogens is 374 g/mol. The molecule has 0 unspecified atom stereocenters. The van der Waals surface area contributed by atoms with Crippen molar-refractivity contribution in [1.82, 2.24) is 0 Å². The van der Waals surface area contributed by atoms with E-state index in [-0.39, 0.29) is 12.0 Å². The van der Waals surface area contributed by atoms with E-state index < -0.39 is 5.41 Å². The summed E-state index contributed by atoms with van der Waals surface area (Å²) in [5.41, 5.74) is 9.08. The van der Waals surface area contributed by atoms with Crippen molar-refractivity contribution < 1.29 is 14.3 Å². The zero-order chi connectivity index (χ0) is 20.6. The molecule has 0 spiro atoms. The fourth-order valence-electron chi connectivity index (χ4n) is 3.38. The van der Waals surface area contributed by atoms with Crippen LogP contribution in [0.5, 0.6) is 0 Å². The molecule has 0 aliphatic heterocycles. The Bertz CT molecular complexity index is 763. The fourth-order valence-corrected chi connectivity index (χ4v) is 3.57. The third-order valence-electron chi connectivity index (χ3n) is 4.95. The minimum atomic E-state index is -0.647. The lowest BCUT2D eigenvalue weighted by atomic mass is 9.79. The van der Waals surface area contributed by atoms with E-state index in [1.54, 1.807) is 7.11 Å². The largest absolute Gasteiger partial charge is 0.466 e. The van der Waals surface area contributed by atoms with Crippen LogP contribution in [0.25, 0.3) is 11.1 Å². The molecule has 2 aromatic carbocycles. The lowest BCUT2D eigenvalue weighted by Crippen LogP contribution is -2.38. The van der Waals surface area contributed by atoms with Crippen LogP contribution in [0, 0.1) is 5.41 Å². The Morgan fingerprint density at radius 2 is 1.89 bits per heavy atom. The van der Waals surface area contributed by atoms with E-state index in [2.05, 4.69) is 24.3 Å². The SMILES string of the molecule is CCOC(=O)[C@](C)(CCOC)C[C@H](N)Cc1ccc(-c2cccc(Cl)c2)cc1. The predicted octanol–water partition coefficient (Wildman–Crippen LogP) is 4.87. The monoisotopic (exact) mass is 403 g/mol. The highest BCUT2D eigenvalue weighted by atomic mass is 35.5. The number of ether oxygens (including phenoxy) is 2. The summed E-state index contributed by atoms with van der Waals surface area (Å²) in [7, 11) is 1.63. The van der Waals surface area contributed by atoms with Gasteiger partial charge in [-0.2, -0.15) is 0 Å². The summed E-state index contributed by atoms with van der Waals surface area (Å²) in [5, 5.41) is 0.720. The normalized spacial score (nSPS) is 14.3. The maximum absolute atomic E-state index is 12.4. The summed E-state index contributed by atoms with van der Waals surface area (Å²) in [6, 6.07) is 15.9. The molecule has 2 aromatic rings. The molecule has 2 atom stereocenters. The van der Waals surface area contributed by atoms with Crippen LogP contribution in [-0.4, -0.2) is 32.3 Å². The van der Waals surface area contributed by atoms with Crippen molar-refractivity contribution in [3.63, 3.8) is 0 Å². The van der Waals surface area contributed by atoms with Gasteiger partial charge in [-0.1, -0.05) is 48.0 Å². The zero-order valence-corrected chi connectivity index (χ0v) is 17.7. The molecule has 0 amide bonds. The average Bonchev–Trinajstić information content (AvgIpc) is 2.67. The van der Waals surface area contributed by atoms with Crippen LogP contribution in [-0.2, 0) is 20.7 Å². The van der Waals surface area contributed by atoms with Gasteiger partial charge in [-0.3, -0.25) is 4.79 Å². The Morgan fingerprint density at radius 3 is 2.50 bits per heavy atom. The first kappa shape index (κ1) is 22.4. The van der Waals surface area contributed by atoms with E-state index in [1.807, 2.05) is 38.1 Å². The van der Waals surface area contributed by atoms with Crippen LogP contribution in [0.4, 0.5) is 0 Å². The van der Waals surface area contributed by atoms with Gasteiger partial charge in [-0.25, -0.2) is 0 Å². The van der Waals surface area contributed by atoms with E-state index in [0.717, 1.165) is 21.7 Å². The molecule has 0 fully saturated rings. The second kappa shape index (κ2) is 10.6. The second-order valence-electron chi connectivity index (χ2n) is 7.40. The van der Waals surface area contributed by atoms with Gasteiger partial charge >= 0.3 is 5.97 Å². The topological polar surface area (TPSA) is 61.5 Å². The Labute approximate surface area is 173 Å². The summed E-state index contributed by atoms with van der Waals surface area (Å²) >= 11 is 6.08. The van der Waals surface area contributed by atoms with Crippen molar-refractivity contribution in [3.8, 4) is 11.1 Å². The molecule has 4 nitrogen and oxygen atoms in total. The maximum Gasteiger partial charge on any atom is 0.311 e. The number of hydrogen-bond acceptors (Lipinski definition) is 4. The number of benzene rings is 2. The number of halogens is 1. The van der Waals surface area contributed by atoms with Crippen molar-refractivity contribution in [1.29, 1.82) is 0 Å². The number of methoxy groups -OCH3 is 1. The van der Waals surface area contributed by atoms with Gasteiger partial charge in [0.25, 0.3) is 0 Å². The van der Waals surface area contributed by atoms with Crippen LogP contribution in [0.1, 0.15) is 32.3 Å². The number of nitrogens with two attached hydrogens (primary N) is 1. The van der Waals surface area contributed by atoms with Crippen LogP contribution < -0.4 is 5.73 Å². The first-order valence-corrected chi connectivity index (χ1v) is 10.0. The highest BCUT2D eigenvalue weighted by molar-refractivity contribution is 6.30. The molecule has 2 rings (SSSR count). The zero-order valence-electron chi connectivity index (χ0n) is 16.9. The molecule has 0 aliphatic carbocycles. The standard InChI is InChI=1S/C23H30ClNO3/c1-4-28-22(26)23(2,12-13-27-3)16-21(25)14-17-8-10-18(11-9-17)19-6-5-7-20(24)15-19/h5-11,15,21H,4,12-14,16,25H2,1-3H3/t21-,23-/m1/s1. The van der Waals surface area contributed by atoms with Gasteiger partial charge in [0.15, 0.2) is 0 Å².